The maximum Gasteiger partial charge on any atom is 0.407 e. The molecule has 4 N–H and O–H groups in total. The second-order valence-corrected chi connectivity index (χ2v) is 8.08. The lowest BCUT2D eigenvalue weighted by Crippen LogP contribution is -2.48. The van der Waals surface area contributed by atoms with Gasteiger partial charge in [0.1, 0.15) is 17.2 Å². The average Bonchev–Trinajstić information content (AvgIpc) is 2.31. The average molecular weight is 373 g/mol. The molecule has 2 atom stereocenters. The molecule has 0 aliphatic heterocycles. The van der Waals surface area contributed by atoms with Gasteiger partial charge in [0, 0.05) is 12.5 Å². The van der Waals surface area contributed by atoms with E-state index in [4.69, 9.17) is 15.2 Å². The second-order valence-electron chi connectivity index (χ2n) is 8.08. The van der Waals surface area contributed by atoms with Crippen LogP contribution < -0.4 is 16.4 Å². The van der Waals surface area contributed by atoms with E-state index in [1.165, 1.54) is 0 Å². The Morgan fingerprint density at radius 2 is 1.38 bits per heavy atom. The van der Waals surface area contributed by atoms with E-state index < -0.39 is 47.2 Å². The molecule has 150 valence electrons. The Bertz CT molecular complexity index is 534. The van der Waals surface area contributed by atoms with Crippen LogP contribution in [0.15, 0.2) is 0 Å². The van der Waals surface area contributed by atoms with Gasteiger partial charge in [-0.2, -0.15) is 0 Å². The Kier molecular flexibility index (Phi) is 8.56. The number of primary amides is 1. The molecule has 0 bridgehead atoms. The molecule has 0 radical (unpaired) electrons. The van der Waals surface area contributed by atoms with Crippen molar-refractivity contribution in [1.29, 1.82) is 0 Å². The van der Waals surface area contributed by atoms with Gasteiger partial charge in [0.25, 0.3) is 0 Å². The first kappa shape index (κ1) is 23.7. The second kappa shape index (κ2) is 9.40. The standard InChI is InChI=1S/C17H31N3O6/c1-10(19-15(24)26-17(5,6)7)8-13(22)20-11(9-12(18)21)14(23)25-16(2,3)4/h10-11H,8-9H2,1-7H3,(H2,18,21)(H,19,24)(H,20,22)/t10-,11-/m0/s1. The molecular formula is C17H31N3O6. The van der Waals surface area contributed by atoms with Crippen LogP contribution in [0.5, 0.6) is 0 Å². The lowest BCUT2D eigenvalue weighted by Gasteiger charge is -2.25. The van der Waals surface area contributed by atoms with Crippen molar-refractivity contribution in [3.05, 3.63) is 0 Å². The van der Waals surface area contributed by atoms with Crippen LogP contribution >= 0.6 is 0 Å². The molecule has 0 fully saturated rings. The van der Waals surface area contributed by atoms with Crippen LogP contribution in [-0.2, 0) is 23.9 Å². The molecule has 0 aliphatic rings. The third-order valence-corrected chi connectivity index (χ3v) is 2.69. The lowest BCUT2D eigenvalue weighted by molar-refractivity contribution is -0.159. The van der Waals surface area contributed by atoms with Gasteiger partial charge in [-0.25, -0.2) is 9.59 Å². The fourth-order valence-electron chi connectivity index (χ4n) is 1.86. The van der Waals surface area contributed by atoms with E-state index in [1.54, 1.807) is 48.5 Å². The Hall–Kier alpha value is -2.32. The molecule has 0 aliphatic carbocycles. The number of nitrogens with two attached hydrogens (primary N) is 1. The Morgan fingerprint density at radius 1 is 0.885 bits per heavy atom. The summed E-state index contributed by atoms with van der Waals surface area (Å²) in [6, 6.07) is -1.73. The first-order valence-electron chi connectivity index (χ1n) is 8.39. The number of ether oxygens (including phenoxy) is 2. The maximum absolute atomic E-state index is 12.1. The first-order valence-corrected chi connectivity index (χ1v) is 8.39. The van der Waals surface area contributed by atoms with Gasteiger partial charge in [-0.15, -0.1) is 0 Å². The summed E-state index contributed by atoms with van der Waals surface area (Å²) in [5.74, 6) is -2.04. The minimum atomic E-state index is -1.19. The molecule has 0 saturated carbocycles. The van der Waals surface area contributed by atoms with Crippen LogP contribution in [0.2, 0.25) is 0 Å². The SMILES string of the molecule is C[C@@H](CC(=O)N[C@@H](CC(N)=O)C(=O)OC(C)(C)C)NC(=O)OC(C)(C)C. The van der Waals surface area contributed by atoms with Crippen LogP contribution in [0.3, 0.4) is 0 Å². The normalized spacial score (nSPS) is 14.0. The predicted octanol–water partition coefficient (Wildman–Crippen LogP) is 0.992. The van der Waals surface area contributed by atoms with Crippen LogP contribution in [-0.4, -0.2) is 47.2 Å². The van der Waals surface area contributed by atoms with Crippen molar-refractivity contribution < 1.29 is 28.7 Å². The largest absolute Gasteiger partial charge is 0.458 e. The number of hydrogen-bond acceptors (Lipinski definition) is 6. The quantitative estimate of drug-likeness (QED) is 0.569. The predicted molar refractivity (Wildman–Crippen MR) is 95.0 cm³/mol. The fourth-order valence-corrected chi connectivity index (χ4v) is 1.86. The number of alkyl carbamates (subject to hydrolysis) is 1. The minimum absolute atomic E-state index is 0.114. The van der Waals surface area contributed by atoms with Crippen molar-refractivity contribution in [3.63, 3.8) is 0 Å². The number of rotatable bonds is 7. The summed E-state index contributed by atoms with van der Waals surface area (Å²) >= 11 is 0. The van der Waals surface area contributed by atoms with Crippen molar-refractivity contribution >= 4 is 23.9 Å². The number of nitrogens with one attached hydrogen (secondary N) is 2. The minimum Gasteiger partial charge on any atom is -0.458 e. The molecule has 3 amide bonds. The summed E-state index contributed by atoms with van der Waals surface area (Å²) in [5, 5.41) is 4.94. The van der Waals surface area contributed by atoms with Gasteiger partial charge in [0.15, 0.2) is 0 Å². The molecule has 0 saturated heterocycles. The zero-order chi connectivity index (χ0) is 20.7. The Labute approximate surface area is 154 Å². The number of carbonyl (C=O) groups excluding carboxylic acids is 4. The molecule has 0 heterocycles. The summed E-state index contributed by atoms with van der Waals surface area (Å²) in [4.78, 5) is 47.1. The molecular weight excluding hydrogens is 342 g/mol. The van der Waals surface area contributed by atoms with E-state index in [2.05, 4.69) is 10.6 Å². The summed E-state index contributed by atoms with van der Waals surface area (Å²) in [5.41, 5.74) is 3.69. The molecule has 0 unspecified atom stereocenters. The molecule has 0 spiro atoms. The number of carbonyl (C=O) groups is 4. The highest BCUT2D eigenvalue weighted by Crippen LogP contribution is 2.10. The molecule has 0 aromatic rings. The third kappa shape index (κ3) is 12.1. The number of amides is 3. The van der Waals surface area contributed by atoms with E-state index in [0.717, 1.165) is 0 Å². The van der Waals surface area contributed by atoms with Crippen LogP contribution in [0.4, 0.5) is 4.79 Å². The van der Waals surface area contributed by atoms with Crippen molar-refractivity contribution in [1.82, 2.24) is 10.6 Å². The number of hydrogen-bond donors (Lipinski definition) is 3. The van der Waals surface area contributed by atoms with E-state index in [0.29, 0.717) is 0 Å². The van der Waals surface area contributed by atoms with E-state index in [-0.39, 0.29) is 12.8 Å². The van der Waals surface area contributed by atoms with Crippen molar-refractivity contribution in [2.24, 2.45) is 5.73 Å². The smallest absolute Gasteiger partial charge is 0.407 e. The van der Waals surface area contributed by atoms with E-state index >= 15 is 0 Å². The maximum atomic E-state index is 12.1. The zero-order valence-electron chi connectivity index (χ0n) is 16.6. The van der Waals surface area contributed by atoms with Crippen LogP contribution in [0.1, 0.15) is 61.3 Å². The first-order chi connectivity index (χ1) is 11.6. The van der Waals surface area contributed by atoms with Gasteiger partial charge in [0.05, 0.1) is 6.42 Å². The highest BCUT2D eigenvalue weighted by molar-refractivity contribution is 5.89. The summed E-state index contributed by atoms with van der Waals surface area (Å²) in [6.07, 6.45) is -1.15. The van der Waals surface area contributed by atoms with E-state index in [1.807, 2.05) is 0 Å². The monoisotopic (exact) mass is 373 g/mol. The molecule has 9 nitrogen and oxygen atoms in total. The summed E-state index contributed by atoms with van der Waals surface area (Å²) in [7, 11) is 0. The van der Waals surface area contributed by atoms with Gasteiger partial charge in [-0.05, 0) is 48.5 Å². The van der Waals surface area contributed by atoms with Crippen molar-refractivity contribution in [2.75, 3.05) is 0 Å². The zero-order valence-corrected chi connectivity index (χ0v) is 16.6. The molecule has 0 aromatic carbocycles. The Balaban J connectivity index is 4.72. The molecule has 9 heteroatoms. The fraction of sp³-hybridized carbons (Fsp3) is 0.765. The van der Waals surface area contributed by atoms with Crippen LogP contribution in [0, 0.1) is 0 Å². The molecule has 26 heavy (non-hydrogen) atoms. The lowest BCUT2D eigenvalue weighted by atomic mass is 10.1. The summed E-state index contributed by atoms with van der Waals surface area (Å²) < 4.78 is 10.3. The Morgan fingerprint density at radius 3 is 1.81 bits per heavy atom. The van der Waals surface area contributed by atoms with Gasteiger partial charge >= 0.3 is 12.1 Å². The highest BCUT2D eigenvalue weighted by atomic mass is 16.6. The highest BCUT2D eigenvalue weighted by Gasteiger charge is 2.28. The third-order valence-electron chi connectivity index (χ3n) is 2.69. The van der Waals surface area contributed by atoms with Crippen LogP contribution in [0.25, 0.3) is 0 Å². The topological polar surface area (TPSA) is 137 Å². The van der Waals surface area contributed by atoms with E-state index in [9.17, 15) is 19.2 Å². The van der Waals surface area contributed by atoms with Crippen molar-refractivity contribution in [3.8, 4) is 0 Å². The van der Waals surface area contributed by atoms with Gasteiger partial charge in [-0.1, -0.05) is 0 Å². The van der Waals surface area contributed by atoms with Gasteiger partial charge in [-0.3, -0.25) is 9.59 Å². The van der Waals surface area contributed by atoms with Gasteiger partial charge < -0.3 is 25.8 Å². The van der Waals surface area contributed by atoms with Gasteiger partial charge in [0.2, 0.25) is 11.8 Å². The molecule has 0 aromatic heterocycles. The number of esters is 1. The molecule has 0 rings (SSSR count). The van der Waals surface area contributed by atoms with Crippen molar-refractivity contribution in [2.45, 2.75) is 84.6 Å². The summed E-state index contributed by atoms with van der Waals surface area (Å²) in [6.45, 7) is 11.8.